The minimum absolute atomic E-state index is 0.257. The molecule has 0 spiro atoms. The quantitative estimate of drug-likeness (QED) is 0.435. The smallest absolute Gasteiger partial charge is 0.107 e. The van der Waals surface area contributed by atoms with Crippen molar-refractivity contribution in [3.63, 3.8) is 0 Å². The van der Waals surface area contributed by atoms with Crippen molar-refractivity contribution >= 4 is 0 Å². The Balaban J connectivity index is 2.80. The van der Waals surface area contributed by atoms with Crippen LogP contribution in [0.2, 0.25) is 0 Å². The van der Waals surface area contributed by atoms with Crippen molar-refractivity contribution in [2.24, 2.45) is 0 Å². The van der Waals surface area contributed by atoms with Gasteiger partial charge in [0.1, 0.15) is 6.11 Å². The molecule has 0 aliphatic carbocycles. The molecule has 2 nitrogen and oxygen atoms in total. The SMILES string of the molecule is OC#CCCCCCO. The molecule has 0 bridgehead atoms. The minimum atomic E-state index is 0.257. The van der Waals surface area contributed by atoms with Crippen LogP contribution in [0.4, 0.5) is 0 Å². The van der Waals surface area contributed by atoms with Crippen LogP contribution in [0.25, 0.3) is 0 Å². The standard InChI is InChI=1S/C7H12O2/c8-6-4-2-1-3-5-7-9/h8-9H,1-4,6H2. The highest BCUT2D eigenvalue weighted by molar-refractivity contribution is 4.88. The van der Waals surface area contributed by atoms with Crippen molar-refractivity contribution in [1.29, 1.82) is 0 Å². The predicted octanol–water partition coefficient (Wildman–Crippen LogP) is 0.872. The number of unbranched alkanes of at least 4 members (excludes halogenated alkanes) is 3. The Kier molecular flexibility index (Phi) is 6.77. The summed E-state index contributed by atoms with van der Waals surface area (Å²) in [7, 11) is 0. The maximum absolute atomic E-state index is 8.34. The lowest BCUT2D eigenvalue weighted by Crippen LogP contribution is -1.81. The maximum Gasteiger partial charge on any atom is 0.107 e. The van der Waals surface area contributed by atoms with Crippen LogP contribution >= 0.6 is 0 Å². The second kappa shape index (κ2) is 7.32. The van der Waals surface area contributed by atoms with Gasteiger partial charge in [0.25, 0.3) is 0 Å². The highest BCUT2D eigenvalue weighted by atomic mass is 16.3. The van der Waals surface area contributed by atoms with Crippen molar-refractivity contribution in [1.82, 2.24) is 0 Å². The highest BCUT2D eigenvalue weighted by Gasteiger charge is 1.83. The Bertz CT molecular complexity index is 99.2. The van der Waals surface area contributed by atoms with Crippen LogP contribution in [0.5, 0.6) is 0 Å². The van der Waals surface area contributed by atoms with E-state index in [0.717, 1.165) is 25.7 Å². The zero-order chi connectivity index (χ0) is 6.95. The molecule has 2 heteroatoms. The van der Waals surface area contributed by atoms with Gasteiger partial charge in [0.15, 0.2) is 0 Å². The number of hydrogen-bond donors (Lipinski definition) is 2. The molecule has 2 N–H and O–H groups in total. The Hall–Kier alpha value is -0.680. The fourth-order valence-corrected chi connectivity index (χ4v) is 0.558. The van der Waals surface area contributed by atoms with Gasteiger partial charge in [0.2, 0.25) is 0 Å². The molecule has 0 heterocycles. The third-order valence-electron chi connectivity index (χ3n) is 1.04. The fourth-order valence-electron chi connectivity index (χ4n) is 0.558. The Morgan fingerprint density at radius 2 is 1.89 bits per heavy atom. The molecular weight excluding hydrogens is 116 g/mol. The van der Waals surface area contributed by atoms with Gasteiger partial charge in [-0.15, -0.1) is 0 Å². The molecule has 0 aliphatic rings. The van der Waals surface area contributed by atoms with Gasteiger partial charge in [0, 0.05) is 13.0 Å². The van der Waals surface area contributed by atoms with Gasteiger partial charge in [-0.3, -0.25) is 0 Å². The third-order valence-corrected chi connectivity index (χ3v) is 1.04. The topological polar surface area (TPSA) is 40.5 Å². The second-order valence-corrected chi connectivity index (χ2v) is 1.82. The van der Waals surface area contributed by atoms with E-state index in [1.165, 1.54) is 0 Å². The first-order valence-corrected chi connectivity index (χ1v) is 3.14. The van der Waals surface area contributed by atoms with Crippen LogP contribution in [0.15, 0.2) is 0 Å². The molecule has 0 aromatic heterocycles. The summed E-state index contributed by atoms with van der Waals surface area (Å²) < 4.78 is 0. The molecule has 0 saturated heterocycles. The summed E-state index contributed by atoms with van der Waals surface area (Å²) in [5, 5.41) is 16.3. The van der Waals surface area contributed by atoms with E-state index in [1.807, 2.05) is 6.11 Å². The van der Waals surface area contributed by atoms with Crippen molar-refractivity contribution in [2.75, 3.05) is 6.61 Å². The molecule has 0 radical (unpaired) electrons. The van der Waals surface area contributed by atoms with Crippen molar-refractivity contribution in [3.05, 3.63) is 0 Å². The Labute approximate surface area is 55.5 Å². The summed E-state index contributed by atoms with van der Waals surface area (Å²) in [6.07, 6.45) is 5.36. The molecule has 0 unspecified atom stereocenters. The molecule has 9 heavy (non-hydrogen) atoms. The van der Waals surface area contributed by atoms with E-state index in [4.69, 9.17) is 10.2 Å². The first kappa shape index (κ1) is 8.32. The van der Waals surface area contributed by atoms with Gasteiger partial charge < -0.3 is 10.2 Å². The molecule has 0 aliphatic heterocycles. The van der Waals surface area contributed by atoms with Crippen molar-refractivity contribution in [2.45, 2.75) is 25.7 Å². The monoisotopic (exact) mass is 128 g/mol. The van der Waals surface area contributed by atoms with Gasteiger partial charge in [-0.25, -0.2) is 0 Å². The fraction of sp³-hybridized carbons (Fsp3) is 0.714. The number of rotatable bonds is 4. The van der Waals surface area contributed by atoms with E-state index < -0.39 is 0 Å². The van der Waals surface area contributed by atoms with Crippen LogP contribution in [0.3, 0.4) is 0 Å². The lowest BCUT2D eigenvalue weighted by Gasteiger charge is -1.90. The summed E-state index contributed by atoms with van der Waals surface area (Å²) in [6.45, 7) is 0.257. The van der Waals surface area contributed by atoms with E-state index >= 15 is 0 Å². The normalized spacial score (nSPS) is 8.11. The molecule has 0 atom stereocenters. The largest absolute Gasteiger partial charge is 0.462 e. The third kappa shape index (κ3) is 7.32. The van der Waals surface area contributed by atoms with Crippen LogP contribution < -0.4 is 0 Å². The van der Waals surface area contributed by atoms with Gasteiger partial charge in [-0.2, -0.15) is 0 Å². The molecular formula is C7H12O2. The molecule has 0 amide bonds. The van der Waals surface area contributed by atoms with Crippen LogP contribution in [-0.4, -0.2) is 16.8 Å². The van der Waals surface area contributed by atoms with Gasteiger partial charge in [0.05, 0.1) is 0 Å². The molecule has 52 valence electrons. The molecule has 0 rings (SSSR count). The number of aliphatic hydroxyl groups excluding tert-OH is 2. The molecule has 0 fully saturated rings. The van der Waals surface area contributed by atoms with Crippen LogP contribution in [0, 0.1) is 12.0 Å². The lowest BCUT2D eigenvalue weighted by molar-refractivity contribution is 0.283. The second-order valence-electron chi connectivity index (χ2n) is 1.82. The average Bonchev–Trinajstić information content (AvgIpc) is 1.89. The Morgan fingerprint density at radius 3 is 2.44 bits per heavy atom. The highest BCUT2D eigenvalue weighted by Crippen LogP contribution is 1.96. The molecule has 0 saturated carbocycles. The lowest BCUT2D eigenvalue weighted by atomic mass is 10.2. The average molecular weight is 128 g/mol. The van der Waals surface area contributed by atoms with Gasteiger partial charge in [-0.1, -0.05) is 12.3 Å². The predicted molar refractivity (Wildman–Crippen MR) is 35.3 cm³/mol. The van der Waals surface area contributed by atoms with E-state index in [1.54, 1.807) is 0 Å². The van der Waals surface area contributed by atoms with E-state index in [-0.39, 0.29) is 6.61 Å². The van der Waals surface area contributed by atoms with Crippen LogP contribution in [0.1, 0.15) is 25.7 Å². The maximum atomic E-state index is 8.34. The minimum Gasteiger partial charge on any atom is -0.462 e. The Morgan fingerprint density at radius 1 is 1.11 bits per heavy atom. The molecule has 0 aromatic carbocycles. The summed E-state index contributed by atoms with van der Waals surface area (Å²) in [5.74, 6) is 2.53. The first-order chi connectivity index (χ1) is 4.41. The summed E-state index contributed by atoms with van der Waals surface area (Å²) >= 11 is 0. The summed E-state index contributed by atoms with van der Waals surface area (Å²) in [5.41, 5.74) is 0. The zero-order valence-corrected chi connectivity index (χ0v) is 5.43. The summed E-state index contributed by atoms with van der Waals surface area (Å²) in [4.78, 5) is 0. The van der Waals surface area contributed by atoms with Crippen molar-refractivity contribution in [3.8, 4) is 12.0 Å². The van der Waals surface area contributed by atoms with Gasteiger partial charge in [-0.05, 0) is 12.8 Å². The van der Waals surface area contributed by atoms with E-state index in [9.17, 15) is 0 Å². The van der Waals surface area contributed by atoms with Gasteiger partial charge >= 0.3 is 0 Å². The molecule has 0 aromatic rings. The zero-order valence-electron chi connectivity index (χ0n) is 5.43. The number of hydrogen-bond acceptors (Lipinski definition) is 2. The first-order valence-electron chi connectivity index (χ1n) is 3.14. The van der Waals surface area contributed by atoms with Crippen LogP contribution in [-0.2, 0) is 0 Å². The number of aliphatic hydroxyl groups is 2. The van der Waals surface area contributed by atoms with E-state index in [2.05, 4.69) is 5.92 Å². The summed E-state index contributed by atoms with van der Waals surface area (Å²) in [6, 6.07) is 0. The van der Waals surface area contributed by atoms with Crippen molar-refractivity contribution < 1.29 is 10.2 Å². The van der Waals surface area contributed by atoms with E-state index in [0.29, 0.717) is 0 Å².